The van der Waals surface area contributed by atoms with Crippen molar-refractivity contribution in [1.29, 1.82) is 0 Å². The molecule has 56 heavy (non-hydrogen) atoms. The molecule has 0 aliphatic carbocycles. The summed E-state index contributed by atoms with van der Waals surface area (Å²) in [6, 6.07) is 69.1. The number of aromatic nitrogens is 1. The lowest BCUT2D eigenvalue weighted by atomic mass is 10.0. The van der Waals surface area contributed by atoms with Crippen LogP contribution in [0.1, 0.15) is 22.9 Å². The van der Waals surface area contributed by atoms with Gasteiger partial charge in [0.2, 0.25) is 0 Å². The van der Waals surface area contributed by atoms with E-state index in [-0.39, 0.29) is 6.17 Å². The Morgan fingerprint density at radius 1 is 0.446 bits per heavy atom. The summed E-state index contributed by atoms with van der Waals surface area (Å²) in [4.78, 5) is 10.5. The Bertz CT molecular complexity index is 3140. The van der Waals surface area contributed by atoms with Crippen LogP contribution in [0.3, 0.4) is 0 Å². The largest absolute Gasteiger partial charge is 0.344 e. The van der Waals surface area contributed by atoms with Gasteiger partial charge < -0.3 is 9.88 Å². The zero-order valence-corrected chi connectivity index (χ0v) is 31.1. The highest BCUT2D eigenvalue weighted by molar-refractivity contribution is 7.26. The van der Waals surface area contributed by atoms with Gasteiger partial charge in [0, 0.05) is 37.4 Å². The van der Waals surface area contributed by atoms with Crippen LogP contribution in [0.4, 0.5) is 0 Å². The lowest BCUT2D eigenvalue weighted by Gasteiger charge is -2.24. The van der Waals surface area contributed by atoms with Crippen molar-refractivity contribution in [1.82, 2.24) is 9.88 Å². The molecule has 8 aromatic carbocycles. The number of fused-ring (bicyclic) bond motifs is 6. The summed E-state index contributed by atoms with van der Waals surface area (Å²) >= 11 is 1.88. The molecule has 0 spiro atoms. The lowest BCUT2D eigenvalue weighted by molar-refractivity contribution is 0.674. The standard InChI is InChI=1S/C51H34N4S/c1-4-14-33(15-5-1)34-26-28-37(29-27-34)50-52-49(36-18-8-3-9-19-36)53-51(54-50)38-30-31-41-40-20-10-11-24-44(40)55(46(41)32-38)45-25-13-23-43-42-22-12-21-39(47(42)56-48(43)45)35-16-6-2-7-17-35/h1-32,50H,(H,52,53,54). The first kappa shape index (κ1) is 32.4. The number of hydrogen-bond donors (Lipinski definition) is 1. The summed E-state index contributed by atoms with van der Waals surface area (Å²) < 4.78 is 5.01. The van der Waals surface area contributed by atoms with Crippen LogP contribution in [0.15, 0.2) is 204 Å². The van der Waals surface area contributed by atoms with Crippen molar-refractivity contribution in [3.8, 4) is 27.9 Å². The van der Waals surface area contributed by atoms with Gasteiger partial charge in [-0.25, -0.2) is 9.98 Å². The molecule has 0 fully saturated rings. The number of rotatable bonds is 6. The molecule has 264 valence electrons. The van der Waals surface area contributed by atoms with Crippen LogP contribution in [-0.4, -0.2) is 16.2 Å². The predicted octanol–water partition coefficient (Wildman–Crippen LogP) is 13.0. The molecular weight excluding hydrogens is 701 g/mol. The third kappa shape index (κ3) is 5.44. The molecule has 1 aliphatic heterocycles. The molecule has 4 nitrogen and oxygen atoms in total. The third-order valence-electron chi connectivity index (χ3n) is 10.9. The second-order valence-electron chi connectivity index (χ2n) is 14.2. The highest BCUT2D eigenvalue weighted by Gasteiger charge is 2.23. The Kier molecular flexibility index (Phi) is 7.71. The molecule has 1 atom stereocenters. The fourth-order valence-electron chi connectivity index (χ4n) is 8.18. The minimum atomic E-state index is -0.310. The summed E-state index contributed by atoms with van der Waals surface area (Å²) in [5, 5.41) is 8.61. The van der Waals surface area contributed by atoms with Crippen molar-refractivity contribution < 1.29 is 0 Å². The molecule has 3 heterocycles. The number of hydrogen-bond acceptors (Lipinski definition) is 4. The van der Waals surface area contributed by atoms with E-state index in [0.29, 0.717) is 5.84 Å². The molecule has 11 rings (SSSR count). The van der Waals surface area contributed by atoms with Gasteiger partial charge in [-0.1, -0.05) is 176 Å². The highest BCUT2D eigenvalue weighted by atomic mass is 32.1. The Morgan fingerprint density at radius 2 is 1.04 bits per heavy atom. The minimum absolute atomic E-state index is 0.310. The number of nitrogens with zero attached hydrogens (tertiary/aromatic N) is 3. The van der Waals surface area contributed by atoms with Gasteiger partial charge in [-0.15, -0.1) is 11.3 Å². The number of benzene rings is 8. The SMILES string of the molecule is c1ccc(C2=NC(c3ccc4c5ccccc5n(-c5cccc6c5sc5c(-c7ccccc7)cccc56)c4c3)=NC(c3ccc(-c4ccccc4)cc3)N2)cc1. The monoisotopic (exact) mass is 734 g/mol. The number of nitrogens with one attached hydrogen (secondary N) is 1. The molecule has 0 amide bonds. The number of para-hydroxylation sites is 1. The van der Waals surface area contributed by atoms with E-state index in [1.54, 1.807) is 0 Å². The zero-order chi connectivity index (χ0) is 37.0. The van der Waals surface area contributed by atoms with E-state index >= 15 is 0 Å². The van der Waals surface area contributed by atoms with E-state index < -0.39 is 0 Å². The van der Waals surface area contributed by atoms with Gasteiger partial charge in [0.05, 0.1) is 21.4 Å². The first-order chi connectivity index (χ1) is 27.8. The molecule has 0 bridgehead atoms. The smallest absolute Gasteiger partial charge is 0.159 e. The van der Waals surface area contributed by atoms with Crippen LogP contribution in [0.25, 0.3) is 69.9 Å². The van der Waals surface area contributed by atoms with E-state index in [4.69, 9.17) is 9.98 Å². The molecule has 0 saturated carbocycles. The molecule has 5 heteroatoms. The van der Waals surface area contributed by atoms with Gasteiger partial charge in [0.15, 0.2) is 5.84 Å². The fraction of sp³-hybridized carbons (Fsp3) is 0.0196. The number of thiophene rings is 1. The van der Waals surface area contributed by atoms with Crippen molar-refractivity contribution in [2.45, 2.75) is 6.17 Å². The van der Waals surface area contributed by atoms with Crippen molar-refractivity contribution in [2.24, 2.45) is 9.98 Å². The summed E-state index contributed by atoms with van der Waals surface area (Å²) in [7, 11) is 0. The molecule has 0 radical (unpaired) electrons. The van der Waals surface area contributed by atoms with Gasteiger partial charge in [-0.05, 0) is 46.0 Å². The quantitative estimate of drug-likeness (QED) is 0.182. The first-order valence-electron chi connectivity index (χ1n) is 18.9. The van der Waals surface area contributed by atoms with E-state index in [1.807, 2.05) is 23.5 Å². The Balaban J connectivity index is 1.09. The van der Waals surface area contributed by atoms with Crippen molar-refractivity contribution in [3.05, 3.63) is 211 Å². The Morgan fingerprint density at radius 3 is 1.80 bits per heavy atom. The van der Waals surface area contributed by atoms with E-state index in [1.165, 1.54) is 64.4 Å². The van der Waals surface area contributed by atoms with Crippen LogP contribution in [-0.2, 0) is 0 Å². The molecule has 2 aromatic heterocycles. The maximum Gasteiger partial charge on any atom is 0.159 e. The predicted molar refractivity (Wildman–Crippen MR) is 236 cm³/mol. The summed E-state index contributed by atoms with van der Waals surface area (Å²) in [5.74, 6) is 1.50. The van der Waals surface area contributed by atoms with Gasteiger partial charge in [0.25, 0.3) is 0 Å². The average molecular weight is 735 g/mol. The van der Waals surface area contributed by atoms with E-state index in [0.717, 1.165) is 28.0 Å². The highest BCUT2D eigenvalue weighted by Crippen LogP contribution is 2.44. The molecule has 0 saturated heterocycles. The van der Waals surface area contributed by atoms with Crippen molar-refractivity contribution in [2.75, 3.05) is 0 Å². The topological polar surface area (TPSA) is 41.7 Å². The second kappa shape index (κ2) is 13.3. The first-order valence-corrected chi connectivity index (χ1v) is 19.8. The minimum Gasteiger partial charge on any atom is -0.344 e. The van der Waals surface area contributed by atoms with E-state index in [9.17, 15) is 0 Å². The van der Waals surface area contributed by atoms with Crippen LogP contribution < -0.4 is 5.32 Å². The maximum absolute atomic E-state index is 5.29. The van der Waals surface area contributed by atoms with Crippen LogP contribution in [0.2, 0.25) is 0 Å². The third-order valence-corrected chi connectivity index (χ3v) is 12.2. The van der Waals surface area contributed by atoms with Crippen molar-refractivity contribution in [3.63, 3.8) is 0 Å². The molecule has 1 N–H and O–H groups in total. The van der Waals surface area contributed by atoms with Crippen molar-refractivity contribution >= 4 is 65.0 Å². The van der Waals surface area contributed by atoms with Crippen LogP contribution >= 0.6 is 11.3 Å². The average Bonchev–Trinajstić information content (AvgIpc) is 3.83. The van der Waals surface area contributed by atoms with Gasteiger partial charge >= 0.3 is 0 Å². The zero-order valence-electron chi connectivity index (χ0n) is 30.3. The Labute approximate surface area is 328 Å². The van der Waals surface area contributed by atoms with Gasteiger partial charge in [-0.3, -0.25) is 0 Å². The summed E-state index contributed by atoms with van der Waals surface area (Å²) in [5.41, 5.74) is 11.4. The lowest BCUT2D eigenvalue weighted by Crippen LogP contribution is -2.33. The van der Waals surface area contributed by atoms with E-state index in [2.05, 4.69) is 192 Å². The molecule has 1 unspecified atom stereocenters. The van der Waals surface area contributed by atoms with Gasteiger partial charge in [0.1, 0.15) is 12.0 Å². The van der Waals surface area contributed by atoms with Crippen LogP contribution in [0.5, 0.6) is 0 Å². The number of amidine groups is 2. The summed E-state index contributed by atoms with van der Waals surface area (Å²) in [6.07, 6.45) is -0.310. The molecule has 10 aromatic rings. The second-order valence-corrected chi connectivity index (χ2v) is 15.2. The van der Waals surface area contributed by atoms with Gasteiger partial charge in [-0.2, -0.15) is 0 Å². The maximum atomic E-state index is 5.29. The number of aliphatic imine (C=N–C) groups is 2. The normalized spacial score (nSPS) is 14.2. The van der Waals surface area contributed by atoms with Crippen LogP contribution in [0, 0.1) is 0 Å². The molecular formula is C51H34N4S. The summed E-state index contributed by atoms with van der Waals surface area (Å²) in [6.45, 7) is 0. The fourth-order valence-corrected chi connectivity index (χ4v) is 9.52. The Hall–Kier alpha value is -7.08. The molecule has 1 aliphatic rings.